The molecule has 3 rings (SSSR count). The second-order valence-corrected chi connectivity index (χ2v) is 4.84. The third kappa shape index (κ3) is 2.78. The zero-order valence-electron chi connectivity index (χ0n) is 11.0. The van der Waals surface area contributed by atoms with Crippen LogP contribution in [0.2, 0.25) is 0 Å². The number of rotatable bonds is 3. The molecule has 4 N–H and O–H groups in total. The van der Waals surface area contributed by atoms with E-state index in [2.05, 4.69) is 16.4 Å². The molecule has 0 aliphatic carbocycles. The van der Waals surface area contributed by atoms with Gasteiger partial charge in [0.1, 0.15) is 11.9 Å². The molecule has 0 saturated carbocycles. The van der Waals surface area contributed by atoms with Crippen LogP contribution in [-0.4, -0.2) is 17.1 Å². The van der Waals surface area contributed by atoms with Crippen LogP contribution in [0.4, 0.5) is 4.39 Å². The van der Waals surface area contributed by atoms with Gasteiger partial charge in [-0.25, -0.2) is 15.2 Å². The van der Waals surface area contributed by atoms with Gasteiger partial charge in [0.05, 0.1) is 6.04 Å². The first-order valence-corrected chi connectivity index (χ1v) is 6.50. The highest BCUT2D eigenvalue weighted by Gasteiger charge is 2.33. The third-order valence-corrected chi connectivity index (χ3v) is 3.50. The summed E-state index contributed by atoms with van der Waals surface area (Å²) in [5, 5.41) is 9.13. The Morgan fingerprint density at radius 1 is 0.952 bits per heavy atom. The molecule has 0 radical (unpaired) electrons. The minimum absolute atomic E-state index is 0.271. The van der Waals surface area contributed by atoms with Crippen LogP contribution >= 0.6 is 0 Å². The van der Waals surface area contributed by atoms with Gasteiger partial charge in [-0.3, -0.25) is 4.79 Å². The van der Waals surface area contributed by atoms with Crippen molar-refractivity contribution in [2.45, 2.75) is 12.1 Å². The van der Waals surface area contributed by atoms with E-state index in [9.17, 15) is 9.18 Å². The van der Waals surface area contributed by atoms with Crippen LogP contribution < -0.4 is 16.4 Å². The number of carboxylic acid groups (broad SMARTS) is 1. The minimum Gasteiger partial charge on any atom is -0.480 e. The molecule has 1 aliphatic heterocycles. The smallest absolute Gasteiger partial charge is 0.324 e. The SMILES string of the molecule is O=C(O)C1NNNC1c1ccc(-c2ccc(F)cc2)cc1. The summed E-state index contributed by atoms with van der Waals surface area (Å²) in [6, 6.07) is 12.7. The van der Waals surface area contributed by atoms with Gasteiger partial charge in [0.2, 0.25) is 0 Å². The highest BCUT2D eigenvalue weighted by molar-refractivity contribution is 5.75. The van der Waals surface area contributed by atoms with Crippen LogP contribution in [0, 0.1) is 5.82 Å². The van der Waals surface area contributed by atoms with Crippen LogP contribution in [0.1, 0.15) is 11.6 Å². The standard InChI is InChI=1S/C15H14FN3O2/c16-12-7-5-10(6-8-12)9-1-3-11(4-2-9)13-14(15(20)21)18-19-17-13/h1-8,13-14,17-19H,(H,20,21). The number of aliphatic carboxylic acids is 1. The van der Waals surface area contributed by atoms with Crippen LogP contribution in [0.3, 0.4) is 0 Å². The van der Waals surface area contributed by atoms with E-state index in [-0.39, 0.29) is 11.9 Å². The Bertz CT molecular complexity index is 643. The fourth-order valence-corrected chi connectivity index (χ4v) is 2.37. The number of carbonyl (C=O) groups is 1. The molecule has 2 unspecified atom stereocenters. The molecule has 5 nitrogen and oxygen atoms in total. The first-order chi connectivity index (χ1) is 10.1. The summed E-state index contributed by atoms with van der Waals surface area (Å²) in [5.74, 6) is -1.20. The Hall–Kier alpha value is -2.28. The average Bonchev–Trinajstić information content (AvgIpc) is 2.98. The Balaban J connectivity index is 1.84. The van der Waals surface area contributed by atoms with E-state index >= 15 is 0 Å². The molecule has 2 atom stereocenters. The summed E-state index contributed by atoms with van der Waals surface area (Å²) in [4.78, 5) is 11.1. The number of carboxylic acids is 1. The van der Waals surface area contributed by atoms with E-state index in [1.54, 1.807) is 12.1 Å². The fraction of sp³-hybridized carbons (Fsp3) is 0.133. The van der Waals surface area contributed by atoms with Crippen molar-refractivity contribution < 1.29 is 14.3 Å². The lowest BCUT2D eigenvalue weighted by Gasteiger charge is -2.15. The normalized spacial score (nSPS) is 21.4. The number of hydrogen-bond donors (Lipinski definition) is 4. The van der Waals surface area contributed by atoms with Gasteiger partial charge in [-0.15, -0.1) is 0 Å². The van der Waals surface area contributed by atoms with Crippen molar-refractivity contribution in [2.24, 2.45) is 0 Å². The van der Waals surface area contributed by atoms with Gasteiger partial charge < -0.3 is 5.11 Å². The summed E-state index contributed by atoms with van der Waals surface area (Å²) < 4.78 is 12.9. The molecule has 0 aromatic heterocycles. The molecule has 0 bridgehead atoms. The molecule has 21 heavy (non-hydrogen) atoms. The number of nitrogens with one attached hydrogen (secondary N) is 3. The van der Waals surface area contributed by atoms with E-state index in [1.165, 1.54) is 12.1 Å². The summed E-state index contributed by atoms with van der Waals surface area (Å²) in [7, 11) is 0. The first kappa shape index (κ1) is 13.7. The summed E-state index contributed by atoms with van der Waals surface area (Å²) in [6.45, 7) is 0. The monoisotopic (exact) mass is 287 g/mol. The first-order valence-electron chi connectivity index (χ1n) is 6.50. The molecule has 2 aromatic carbocycles. The molecule has 108 valence electrons. The van der Waals surface area contributed by atoms with Crippen molar-refractivity contribution >= 4 is 5.97 Å². The highest BCUT2D eigenvalue weighted by Crippen LogP contribution is 2.24. The molecule has 1 aliphatic rings. The Morgan fingerprint density at radius 2 is 1.52 bits per heavy atom. The molecule has 2 aromatic rings. The van der Waals surface area contributed by atoms with Crippen molar-refractivity contribution in [3.05, 3.63) is 59.9 Å². The van der Waals surface area contributed by atoms with Gasteiger partial charge in [-0.05, 0) is 28.8 Å². The fourth-order valence-electron chi connectivity index (χ4n) is 2.37. The van der Waals surface area contributed by atoms with Crippen molar-refractivity contribution in [1.82, 2.24) is 16.4 Å². The second-order valence-electron chi connectivity index (χ2n) is 4.84. The third-order valence-electron chi connectivity index (χ3n) is 3.50. The molecule has 0 spiro atoms. The predicted molar refractivity (Wildman–Crippen MR) is 75.4 cm³/mol. The van der Waals surface area contributed by atoms with Crippen molar-refractivity contribution in [1.29, 1.82) is 0 Å². The van der Waals surface area contributed by atoms with Crippen molar-refractivity contribution in [3.63, 3.8) is 0 Å². The minimum atomic E-state index is -0.930. The van der Waals surface area contributed by atoms with Crippen LogP contribution in [-0.2, 0) is 4.79 Å². The van der Waals surface area contributed by atoms with Gasteiger partial charge in [0, 0.05) is 0 Å². The van der Waals surface area contributed by atoms with Gasteiger partial charge in [-0.2, -0.15) is 5.53 Å². The van der Waals surface area contributed by atoms with Gasteiger partial charge >= 0.3 is 5.97 Å². The average molecular weight is 287 g/mol. The Morgan fingerprint density at radius 3 is 2.10 bits per heavy atom. The van der Waals surface area contributed by atoms with Crippen LogP contribution in [0.15, 0.2) is 48.5 Å². The second kappa shape index (κ2) is 5.61. The zero-order valence-corrected chi connectivity index (χ0v) is 11.0. The lowest BCUT2D eigenvalue weighted by molar-refractivity contribution is -0.139. The topological polar surface area (TPSA) is 73.4 Å². The number of hydrogen-bond acceptors (Lipinski definition) is 4. The maximum Gasteiger partial charge on any atom is 0.324 e. The summed E-state index contributed by atoms with van der Waals surface area (Å²) in [5.41, 5.74) is 10.9. The van der Waals surface area contributed by atoms with Gasteiger partial charge in [-0.1, -0.05) is 36.4 Å². The molecular weight excluding hydrogens is 273 g/mol. The largest absolute Gasteiger partial charge is 0.480 e. The number of hydrazine groups is 2. The molecule has 0 amide bonds. The lowest BCUT2D eigenvalue weighted by atomic mass is 9.97. The van der Waals surface area contributed by atoms with Crippen molar-refractivity contribution in [3.8, 4) is 11.1 Å². The number of benzene rings is 2. The molecule has 1 saturated heterocycles. The molecule has 1 heterocycles. The maximum absolute atomic E-state index is 12.9. The van der Waals surface area contributed by atoms with E-state index in [0.717, 1.165) is 16.7 Å². The lowest BCUT2D eigenvalue weighted by Crippen LogP contribution is -2.38. The predicted octanol–water partition coefficient (Wildman–Crippen LogP) is 1.60. The van der Waals surface area contributed by atoms with Gasteiger partial charge in [0.15, 0.2) is 0 Å². The highest BCUT2D eigenvalue weighted by atomic mass is 19.1. The van der Waals surface area contributed by atoms with E-state index in [1.807, 2.05) is 24.3 Å². The summed E-state index contributed by atoms with van der Waals surface area (Å²) in [6.07, 6.45) is 0. The van der Waals surface area contributed by atoms with Gasteiger partial charge in [0.25, 0.3) is 0 Å². The molecular formula is C15H14FN3O2. The number of halogens is 1. The Labute approximate surface area is 120 Å². The van der Waals surface area contributed by atoms with E-state index < -0.39 is 12.0 Å². The molecule has 1 fully saturated rings. The van der Waals surface area contributed by atoms with E-state index in [0.29, 0.717) is 0 Å². The molecule has 6 heteroatoms. The quantitative estimate of drug-likeness (QED) is 0.690. The Kier molecular flexibility index (Phi) is 3.66. The zero-order chi connectivity index (χ0) is 14.8. The maximum atomic E-state index is 12.9. The summed E-state index contributed by atoms with van der Waals surface area (Å²) >= 11 is 0. The van der Waals surface area contributed by atoms with E-state index in [4.69, 9.17) is 5.11 Å². The van der Waals surface area contributed by atoms with Crippen molar-refractivity contribution in [2.75, 3.05) is 0 Å². The van der Waals surface area contributed by atoms with Crippen LogP contribution in [0.5, 0.6) is 0 Å². The van der Waals surface area contributed by atoms with Crippen LogP contribution in [0.25, 0.3) is 11.1 Å².